The van der Waals surface area contributed by atoms with Crippen LogP contribution in [0.4, 0.5) is 0 Å². The Balaban J connectivity index is 4.65. The Morgan fingerprint density at radius 2 is 1.60 bits per heavy atom. The van der Waals surface area contributed by atoms with E-state index in [1.54, 1.807) is 4.57 Å². The van der Waals surface area contributed by atoms with E-state index < -0.39 is 15.3 Å². The zero-order valence-electron chi connectivity index (χ0n) is 9.77. The van der Waals surface area contributed by atoms with Crippen molar-refractivity contribution < 1.29 is 23.5 Å². The molecular weight excluding hydrogens is 218 g/mol. The molecule has 0 aromatic carbocycles. The van der Waals surface area contributed by atoms with Gasteiger partial charge < -0.3 is 23.5 Å². The van der Waals surface area contributed by atoms with E-state index >= 15 is 0 Å². The highest BCUT2D eigenvalue weighted by Gasteiger charge is 2.46. The van der Waals surface area contributed by atoms with Gasteiger partial charge in [0, 0.05) is 27.9 Å². The number of aliphatic hydroxyl groups excluding tert-OH is 1. The summed E-state index contributed by atoms with van der Waals surface area (Å²) >= 11 is 0. The lowest BCUT2D eigenvalue weighted by molar-refractivity contribution is -0.0656. The fraction of sp³-hybridized carbons (Fsp3) is 1.00. The molecule has 15 heavy (non-hydrogen) atoms. The van der Waals surface area contributed by atoms with E-state index in [1.165, 1.54) is 21.3 Å². The molecule has 0 bridgehead atoms. The van der Waals surface area contributed by atoms with Gasteiger partial charge in [-0.1, -0.05) is 6.92 Å². The molecule has 0 aliphatic carbocycles. The van der Waals surface area contributed by atoms with Crippen LogP contribution in [0, 0.1) is 0 Å². The lowest BCUT2D eigenvalue weighted by atomic mass is 10.5. The minimum atomic E-state index is -2.92. The van der Waals surface area contributed by atoms with Crippen LogP contribution in [-0.4, -0.2) is 64.5 Å². The first-order valence-electron chi connectivity index (χ1n) is 4.82. The second kappa shape index (κ2) is 7.28. The lowest BCUT2D eigenvalue weighted by Crippen LogP contribution is -2.61. The molecule has 0 radical (unpaired) electrons. The fourth-order valence-electron chi connectivity index (χ4n) is 1.44. The van der Waals surface area contributed by atoms with Crippen LogP contribution in [0.15, 0.2) is 0 Å². The summed E-state index contributed by atoms with van der Waals surface area (Å²) in [6, 6.07) is 0. The number of hydrogen-bond donors (Lipinski definition) is 2. The van der Waals surface area contributed by atoms with Crippen LogP contribution in [0.3, 0.4) is 0 Å². The second-order valence-electron chi connectivity index (χ2n) is 3.06. The van der Waals surface area contributed by atoms with Gasteiger partial charge in [-0.15, -0.1) is 0 Å². The van der Waals surface area contributed by atoms with Crippen molar-refractivity contribution in [3.63, 3.8) is 0 Å². The molecule has 0 fully saturated rings. The predicted octanol–water partition coefficient (Wildman–Crippen LogP) is -0.616. The molecule has 0 aromatic heterocycles. The quantitative estimate of drug-likeness (QED) is 0.435. The normalized spacial score (nSPS) is 12.8. The SMILES string of the molecule is CCCN(CC(O)O)[Si](OC)(OC)OC. The summed E-state index contributed by atoms with van der Waals surface area (Å²) in [4.78, 5) is 0. The number of rotatable bonds is 8. The van der Waals surface area contributed by atoms with E-state index in [1.807, 2.05) is 6.92 Å². The molecule has 6 nitrogen and oxygen atoms in total. The summed E-state index contributed by atoms with van der Waals surface area (Å²) < 4.78 is 17.5. The standard InChI is InChI=1S/C8H21NO5Si/c1-5-6-9(7-8(10)11)15(12-2,13-3)14-4/h8,10-11H,5-7H2,1-4H3. The van der Waals surface area contributed by atoms with Crippen molar-refractivity contribution in [1.29, 1.82) is 0 Å². The van der Waals surface area contributed by atoms with E-state index in [-0.39, 0.29) is 6.54 Å². The molecule has 0 heterocycles. The van der Waals surface area contributed by atoms with Crippen molar-refractivity contribution >= 4 is 8.97 Å². The molecular formula is C8H21NO5Si. The van der Waals surface area contributed by atoms with Gasteiger partial charge in [0.1, 0.15) is 0 Å². The third-order valence-corrected chi connectivity index (χ3v) is 4.77. The van der Waals surface area contributed by atoms with E-state index in [0.29, 0.717) is 6.54 Å². The summed E-state index contributed by atoms with van der Waals surface area (Å²) in [6.07, 6.45) is -0.582. The molecule has 0 spiro atoms. The van der Waals surface area contributed by atoms with Gasteiger partial charge in [-0.2, -0.15) is 0 Å². The molecule has 0 atom stereocenters. The number of hydrogen-bond acceptors (Lipinski definition) is 6. The zero-order valence-corrected chi connectivity index (χ0v) is 10.8. The zero-order chi connectivity index (χ0) is 11.9. The van der Waals surface area contributed by atoms with Gasteiger partial charge in [0.15, 0.2) is 6.29 Å². The van der Waals surface area contributed by atoms with Crippen molar-refractivity contribution in [2.45, 2.75) is 19.6 Å². The monoisotopic (exact) mass is 239 g/mol. The highest BCUT2D eigenvalue weighted by Crippen LogP contribution is 2.13. The first-order chi connectivity index (χ1) is 7.06. The van der Waals surface area contributed by atoms with Crippen LogP contribution in [0.25, 0.3) is 0 Å². The van der Waals surface area contributed by atoms with Gasteiger partial charge in [0.05, 0.1) is 0 Å². The summed E-state index contributed by atoms with van der Waals surface area (Å²) in [5.41, 5.74) is 0. The maximum absolute atomic E-state index is 8.97. The average Bonchev–Trinajstić information content (AvgIpc) is 2.21. The van der Waals surface area contributed by atoms with E-state index in [9.17, 15) is 0 Å². The van der Waals surface area contributed by atoms with Gasteiger partial charge in [0.25, 0.3) is 0 Å². The smallest absolute Gasteiger partial charge is 0.367 e. The Morgan fingerprint density at radius 1 is 1.13 bits per heavy atom. The summed E-state index contributed by atoms with van der Waals surface area (Å²) in [5, 5.41) is 17.9. The minimum Gasteiger partial charge on any atom is -0.367 e. The molecule has 7 heteroatoms. The Morgan fingerprint density at radius 3 is 1.87 bits per heavy atom. The largest absolute Gasteiger partial charge is 0.598 e. The average molecular weight is 239 g/mol. The molecule has 0 amide bonds. The Kier molecular flexibility index (Phi) is 7.27. The predicted molar refractivity (Wildman–Crippen MR) is 56.9 cm³/mol. The first-order valence-corrected chi connectivity index (χ1v) is 6.50. The van der Waals surface area contributed by atoms with Crippen LogP contribution < -0.4 is 0 Å². The molecule has 0 aromatic rings. The van der Waals surface area contributed by atoms with Crippen molar-refractivity contribution in [3.8, 4) is 0 Å². The van der Waals surface area contributed by atoms with Crippen molar-refractivity contribution in [2.75, 3.05) is 34.4 Å². The van der Waals surface area contributed by atoms with E-state index in [4.69, 9.17) is 23.5 Å². The number of aliphatic hydroxyl groups is 2. The third-order valence-electron chi connectivity index (χ3n) is 2.04. The minimum absolute atomic E-state index is 0.0512. The van der Waals surface area contributed by atoms with Crippen LogP contribution in [0.5, 0.6) is 0 Å². The molecule has 2 N–H and O–H groups in total. The van der Waals surface area contributed by atoms with Crippen molar-refractivity contribution in [3.05, 3.63) is 0 Å². The Bertz CT molecular complexity index is 157. The molecule has 0 rings (SSSR count). The lowest BCUT2D eigenvalue weighted by Gasteiger charge is -2.35. The molecule has 0 unspecified atom stereocenters. The van der Waals surface area contributed by atoms with Crippen molar-refractivity contribution in [2.24, 2.45) is 0 Å². The molecule has 0 saturated carbocycles. The summed E-state index contributed by atoms with van der Waals surface area (Å²) in [7, 11) is 1.56. The first kappa shape index (κ1) is 15.0. The van der Waals surface area contributed by atoms with Gasteiger partial charge >= 0.3 is 8.97 Å². The van der Waals surface area contributed by atoms with Crippen molar-refractivity contribution in [1.82, 2.24) is 4.57 Å². The Hall–Kier alpha value is -0.0231. The van der Waals surface area contributed by atoms with Crippen LogP contribution in [-0.2, 0) is 13.3 Å². The second-order valence-corrected chi connectivity index (χ2v) is 5.97. The maximum atomic E-state index is 8.97. The van der Waals surface area contributed by atoms with Gasteiger partial charge in [-0.25, -0.2) is 0 Å². The van der Waals surface area contributed by atoms with E-state index in [0.717, 1.165) is 6.42 Å². The topological polar surface area (TPSA) is 71.4 Å². The Labute approximate surface area is 91.8 Å². The fourth-order valence-corrected chi connectivity index (χ4v) is 3.60. The number of nitrogens with zero attached hydrogens (tertiary/aromatic N) is 1. The molecule has 0 aliphatic heterocycles. The summed E-state index contributed by atoms with van der Waals surface area (Å²) in [5.74, 6) is 0. The maximum Gasteiger partial charge on any atom is 0.598 e. The highest BCUT2D eigenvalue weighted by molar-refractivity contribution is 6.57. The molecule has 0 aliphatic rings. The van der Waals surface area contributed by atoms with E-state index in [2.05, 4.69) is 0 Å². The van der Waals surface area contributed by atoms with Crippen LogP contribution in [0.1, 0.15) is 13.3 Å². The molecule has 92 valence electrons. The third kappa shape index (κ3) is 4.15. The van der Waals surface area contributed by atoms with Crippen LogP contribution in [0.2, 0.25) is 0 Å². The van der Waals surface area contributed by atoms with Gasteiger partial charge in [-0.3, -0.25) is 4.57 Å². The van der Waals surface area contributed by atoms with Crippen LogP contribution >= 0.6 is 0 Å². The molecule has 0 saturated heterocycles. The summed E-state index contributed by atoms with van der Waals surface area (Å²) in [6.45, 7) is 2.66. The van der Waals surface area contributed by atoms with Gasteiger partial charge in [0.2, 0.25) is 0 Å². The highest BCUT2D eigenvalue weighted by atomic mass is 28.4. The van der Waals surface area contributed by atoms with Gasteiger partial charge in [-0.05, 0) is 13.0 Å².